The van der Waals surface area contributed by atoms with Gasteiger partial charge in [-0.3, -0.25) is 4.79 Å². The average Bonchev–Trinajstić information content (AvgIpc) is 3.40. The summed E-state index contributed by atoms with van der Waals surface area (Å²) in [5.41, 5.74) is 3.32. The normalized spacial score (nSPS) is 18.6. The van der Waals surface area contributed by atoms with Crippen LogP contribution in [0.2, 0.25) is 0 Å². The molecule has 3 heterocycles. The smallest absolute Gasteiger partial charge is 0.341 e. The Morgan fingerprint density at radius 1 is 1.30 bits per heavy atom. The van der Waals surface area contributed by atoms with Gasteiger partial charge in [0.15, 0.2) is 11.2 Å². The lowest BCUT2D eigenvalue weighted by molar-refractivity contribution is 0.0694. The van der Waals surface area contributed by atoms with Crippen LogP contribution < -0.4 is 5.43 Å². The minimum Gasteiger partial charge on any atom is -0.477 e. The highest BCUT2D eigenvalue weighted by Crippen LogP contribution is 2.48. The van der Waals surface area contributed by atoms with Gasteiger partial charge in [-0.1, -0.05) is 32.0 Å². The third-order valence-corrected chi connectivity index (χ3v) is 5.95. The lowest BCUT2D eigenvalue weighted by atomic mass is 9.89. The molecule has 1 fully saturated rings. The monoisotopic (exact) mass is 363 g/mol. The van der Waals surface area contributed by atoms with Crippen molar-refractivity contribution in [2.45, 2.75) is 45.1 Å². The third kappa shape index (κ3) is 2.37. The van der Waals surface area contributed by atoms with Crippen LogP contribution in [0.3, 0.4) is 0 Å². The summed E-state index contributed by atoms with van der Waals surface area (Å²) < 4.78 is 8.25. The number of aromatic carboxylic acids is 1. The summed E-state index contributed by atoms with van der Waals surface area (Å²) in [7, 11) is 0. The summed E-state index contributed by atoms with van der Waals surface area (Å²) in [4.78, 5) is 23.8. The van der Waals surface area contributed by atoms with Gasteiger partial charge in [-0.15, -0.1) is 0 Å². The number of aromatic nitrogens is 1. The van der Waals surface area contributed by atoms with Gasteiger partial charge in [-0.25, -0.2) is 4.79 Å². The molecule has 1 N–H and O–H groups in total. The van der Waals surface area contributed by atoms with Gasteiger partial charge in [0.1, 0.15) is 11.1 Å². The summed E-state index contributed by atoms with van der Waals surface area (Å²) in [6.45, 7) is 4.24. The SMILES string of the molecule is CC(C)[C@@H]1Cc2c(oc3c(C4CC4)cccc23)-c2cc(=O)c(C(=O)O)cn21. The molecule has 1 aliphatic heterocycles. The van der Waals surface area contributed by atoms with Crippen LogP contribution >= 0.6 is 0 Å². The molecule has 0 amide bonds. The molecule has 2 aromatic heterocycles. The Morgan fingerprint density at radius 2 is 2.07 bits per heavy atom. The minimum absolute atomic E-state index is 0.0802. The molecule has 5 rings (SSSR count). The molecule has 0 spiro atoms. The van der Waals surface area contributed by atoms with Crippen molar-refractivity contribution in [2.75, 3.05) is 0 Å². The number of nitrogens with zero attached hydrogens (tertiary/aromatic N) is 1. The van der Waals surface area contributed by atoms with Gasteiger partial charge in [-0.05, 0) is 36.7 Å². The molecule has 1 saturated carbocycles. The number of carboxylic acids is 1. The number of furan rings is 1. The Morgan fingerprint density at radius 3 is 2.74 bits per heavy atom. The van der Waals surface area contributed by atoms with Crippen LogP contribution in [0.5, 0.6) is 0 Å². The summed E-state index contributed by atoms with van der Waals surface area (Å²) in [6.07, 6.45) is 4.64. The first-order chi connectivity index (χ1) is 13.0. The maximum absolute atomic E-state index is 12.4. The van der Waals surface area contributed by atoms with E-state index in [1.807, 2.05) is 4.57 Å². The van der Waals surface area contributed by atoms with Crippen molar-refractivity contribution in [3.63, 3.8) is 0 Å². The molecular formula is C22H21NO4. The summed E-state index contributed by atoms with van der Waals surface area (Å²) in [5, 5.41) is 10.5. The molecule has 0 unspecified atom stereocenters. The Kier molecular flexibility index (Phi) is 3.39. The number of hydrogen-bond acceptors (Lipinski definition) is 3. The molecule has 0 bridgehead atoms. The van der Waals surface area contributed by atoms with E-state index in [-0.39, 0.29) is 17.5 Å². The molecule has 5 heteroatoms. The molecule has 0 saturated heterocycles. The number of pyridine rings is 1. The zero-order valence-electron chi connectivity index (χ0n) is 15.4. The number of hydrogen-bond donors (Lipinski definition) is 1. The second-order valence-corrected chi connectivity index (χ2v) is 8.07. The zero-order valence-corrected chi connectivity index (χ0v) is 15.4. The highest BCUT2D eigenvalue weighted by atomic mass is 16.4. The van der Waals surface area contributed by atoms with Gasteiger partial charge in [-0.2, -0.15) is 0 Å². The predicted molar refractivity (Wildman–Crippen MR) is 102 cm³/mol. The van der Waals surface area contributed by atoms with Gasteiger partial charge in [0, 0.05) is 29.3 Å². The molecule has 1 aromatic carbocycles. The summed E-state index contributed by atoms with van der Waals surface area (Å²) in [5.74, 6) is 0.379. The van der Waals surface area contributed by atoms with E-state index in [2.05, 4.69) is 32.0 Å². The van der Waals surface area contributed by atoms with E-state index in [0.717, 1.165) is 23.0 Å². The molecule has 27 heavy (non-hydrogen) atoms. The highest BCUT2D eigenvalue weighted by molar-refractivity contribution is 5.92. The van der Waals surface area contributed by atoms with Crippen molar-refractivity contribution in [3.05, 3.63) is 57.4 Å². The lowest BCUT2D eigenvalue weighted by Crippen LogP contribution is -2.27. The quantitative estimate of drug-likeness (QED) is 0.739. The van der Waals surface area contributed by atoms with Gasteiger partial charge in [0.25, 0.3) is 0 Å². The molecule has 1 atom stereocenters. The Hall–Kier alpha value is -2.82. The van der Waals surface area contributed by atoms with E-state index in [0.29, 0.717) is 17.4 Å². The Labute approximate surface area is 156 Å². The minimum atomic E-state index is -1.19. The number of fused-ring (bicyclic) bond motifs is 5. The van der Waals surface area contributed by atoms with E-state index in [9.17, 15) is 14.7 Å². The lowest BCUT2D eigenvalue weighted by Gasteiger charge is -2.31. The first-order valence-corrected chi connectivity index (χ1v) is 9.50. The van der Waals surface area contributed by atoms with Crippen molar-refractivity contribution in [1.82, 2.24) is 4.57 Å². The van der Waals surface area contributed by atoms with Crippen LogP contribution in [0.15, 0.2) is 39.7 Å². The van der Waals surface area contributed by atoms with Crippen LogP contribution in [-0.4, -0.2) is 15.6 Å². The van der Waals surface area contributed by atoms with E-state index >= 15 is 0 Å². The topological polar surface area (TPSA) is 72.4 Å². The zero-order chi connectivity index (χ0) is 18.9. The van der Waals surface area contributed by atoms with Crippen LogP contribution in [0.1, 0.15) is 60.1 Å². The summed E-state index contributed by atoms with van der Waals surface area (Å²) in [6, 6.07) is 7.83. The predicted octanol–water partition coefficient (Wildman–Crippen LogP) is 4.59. The van der Waals surface area contributed by atoms with Crippen molar-refractivity contribution in [1.29, 1.82) is 0 Å². The van der Waals surface area contributed by atoms with Gasteiger partial charge >= 0.3 is 5.97 Å². The van der Waals surface area contributed by atoms with Gasteiger partial charge < -0.3 is 14.1 Å². The molecule has 138 valence electrons. The van der Waals surface area contributed by atoms with Crippen molar-refractivity contribution in [3.8, 4) is 11.5 Å². The largest absolute Gasteiger partial charge is 0.477 e. The highest BCUT2D eigenvalue weighted by Gasteiger charge is 2.34. The molecule has 3 aromatic rings. The van der Waals surface area contributed by atoms with E-state index in [4.69, 9.17) is 4.42 Å². The number of para-hydroxylation sites is 1. The second kappa shape index (κ2) is 5.59. The summed E-state index contributed by atoms with van der Waals surface area (Å²) >= 11 is 0. The molecule has 0 radical (unpaired) electrons. The Bertz CT molecular complexity index is 1150. The van der Waals surface area contributed by atoms with Gasteiger partial charge in [0.05, 0.1) is 5.69 Å². The van der Waals surface area contributed by atoms with Crippen LogP contribution in [0, 0.1) is 5.92 Å². The fraction of sp³-hybridized carbons (Fsp3) is 0.364. The van der Waals surface area contributed by atoms with Crippen LogP contribution in [-0.2, 0) is 6.42 Å². The fourth-order valence-corrected chi connectivity index (χ4v) is 4.35. The van der Waals surface area contributed by atoms with Gasteiger partial charge in [0.2, 0.25) is 0 Å². The number of benzene rings is 1. The average molecular weight is 363 g/mol. The second-order valence-electron chi connectivity index (χ2n) is 8.07. The fourth-order valence-electron chi connectivity index (χ4n) is 4.35. The molecule has 5 nitrogen and oxygen atoms in total. The molecule has 2 aliphatic rings. The van der Waals surface area contributed by atoms with E-state index in [1.54, 1.807) is 0 Å². The molecular weight excluding hydrogens is 342 g/mol. The number of carbonyl (C=O) groups is 1. The first kappa shape index (κ1) is 16.4. The maximum Gasteiger partial charge on any atom is 0.341 e. The number of carboxylic acid groups (broad SMARTS) is 1. The van der Waals surface area contributed by atoms with E-state index < -0.39 is 11.4 Å². The Balaban J connectivity index is 1.81. The first-order valence-electron chi connectivity index (χ1n) is 9.50. The standard InChI is InChI=1S/C22H21NO4/c1-11(2)17-8-15-14-5-3-4-13(12-6-7-12)20(14)27-21(15)18-9-19(24)16(22(25)26)10-23(17)18/h3-5,9-12,17H,6-8H2,1-2H3,(H,25,26)/t17-/m0/s1. The third-order valence-electron chi connectivity index (χ3n) is 5.95. The van der Waals surface area contributed by atoms with Crippen LogP contribution in [0.25, 0.3) is 22.4 Å². The maximum atomic E-state index is 12.4. The number of rotatable bonds is 3. The van der Waals surface area contributed by atoms with Crippen molar-refractivity contribution >= 4 is 16.9 Å². The van der Waals surface area contributed by atoms with Crippen molar-refractivity contribution in [2.24, 2.45) is 5.92 Å². The van der Waals surface area contributed by atoms with Crippen LogP contribution in [0.4, 0.5) is 0 Å². The van der Waals surface area contributed by atoms with E-state index in [1.165, 1.54) is 30.7 Å². The molecule has 1 aliphatic carbocycles. The van der Waals surface area contributed by atoms with Crippen molar-refractivity contribution < 1.29 is 14.3 Å².